The summed E-state index contributed by atoms with van der Waals surface area (Å²) in [6.45, 7) is 0.0545. The van der Waals surface area contributed by atoms with E-state index in [2.05, 4.69) is 15.6 Å². The first-order valence-electron chi connectivity index (χ1n) is 10.6. The van der Waals surface area contributed by atoms with Gasteiger partial charge in [0.1, 0.15) is 12.3 Å². The lowest BCUT2D eigenvalue weighted by Gasteiger charge is -2.13. The maximum absolute atomic E-state index is 12.8. The van der Waals surface area contributed by atoms with Crippen molar-refractivity contribution in [2.24, 2.45) is 0 Å². The van der Waals surface area contributed by atoms with Crippen LogP contribution in [0, 0.1) is 0 Å². The molecule has 0 aliphatic rings. The highest BCUT2D eigenvalue weighted by molar-refractivity contribution is 7.99. The lowest BCUT2D eigenvalue weighted by Crippen LogP contribution is -2.20. The summed E-state index contributed by atoms with van der Waals surface area (Å²) in [6, 6.07) is 26.1. The van der Waals surface area contributed by atoms with Crippen LogP contribution in [0.3, 0.4) is 0 Å². The molecule has 8 heteroatoms. The van der Waals surface area contributed by atoms with Crippen LogP contribution in [0.1, 0.15) is 0 Å². The van der Waals surface area contributed by atoms with Gasteiger partial charge in [-0.2, -0.15) is 0 Å². The van der Waals surface area contributed by atoms with E-state index in [9.17, 15) is 9.59 Å². The number of anilines is 2. The molecule has 0 bridgehead atoms. The van der Waals surface area contributed by atoms with Crippen molar-refractivity contribution in [2.75, 3.05) is 23.5 Å². The van der Waals surface area contributed by atoms with E-state index in [1.807, 2.05) is 89.5 Å². The first-order valence-corrected chi connectivity index (χ1v) is 11.6. The van der Waals surface area contributed by atoms with E-state index < -0.39 is 0 Å². The van der Waals surface area contributed by atoms with Crippen molar-refractivity contribution in [1.82, 2.24) is 9.55 Å². The van der Waals surface area contributed by atoms with Gasteiger partial charge in [-0.3, -0.25) is 9.59 Å². The summed E-state index contributed by atoms with van der Waals surface area (Å²) in [4.78, 5) is 29.8. The number of para-hydroxylation sites is 2. The Kier molecular flexibility index (Phi) is 7.62. The number of hydrogen-bond acceptors (Lipinski definition) is 5. The zero-order valence-corrected chi connectivity index (χ0v) is 19.4. The second-order valence-corrected chi connectivity index (χ2v) is 8.30. The van der Waals surface area contributed by atoms with Gasteiger partial charge in [-0.25, -0.2) is 4.98 Å². The number of benzene rings is 3. The lowest BCUT2D eigenvalue weighted by atomic mass is 10.1. The second-order valence-electron chi connectivity index (χ2n) is 7.36. The van der Waals surface area contributed by atoms with Gasteiger partial charge in [-0.05, 0) is 48.5 Å². The fourth-order valence-electron chi connectivity index (χ4n) is 3.33. The Balaban J connectivity index is 1.53. The zero-order valence-electron chi connectivity index (χ0n) is 18.6. The Morgan fingerprint density at radius 1 is 0.853 bits per heavy atom. The molecule has 0 atom stereocenters. The molecule has 7 nitrogen and oxygen atoms in total. The van der Waals surface area contributed by atoms with Crippen LogP contribution < -0.4 is 15.4 Å². The molecule has 0 radical (unpaired) electrons. The molecule has 4 rings (SSSR count). The molecule has 3 aromatic carbocycles. The summed E-state index contributed by atoms with van der Waals surface area (Å²) in [5.74, 6) is 0.567. The minimum absolute atomic E-state index is 0.0545. The maximum atomic E-state index is 12.8. The van der Waals surface area contributed by atoms with Gasteiger partial charge >= 0.3 is 0 Å². The quantitative estimate of drug-likeness (QED) is 0.338. The minimum atomic E-state index is -0.186. The predicted octanol–water partition coefficient (Wildman–Crippen LogP) is 4.93. The van der Waals surface area contributed by atoms with Gasteiger partial charge in [0.2, 0.25) is 11.8 Å². The number of rotatable bonds is 9. The lowest BCUT2D eigenvalue weighted by molar-refractivity contribution is -0.117. The van der Waals surface area contributed by atoms with Crippen molar-refractivity contribution in [3.8, 4) is 17.0 Å². The molecule has 4 aromatic rings. The number of hydrogen-bond donors (Lipinski definition) is 2. The number of amides is 2. The predicted molar refractivity (Wildman–Crippen MR) is 135 cm³/mol. The Labute approximate surface area is 202 Å². The summed E-state index contributed by atoms with van der Waals surface area (Å²) in [5.41, 5.74) is 3.12. The molecule has 172 valence electrons. The highest BCUT2D eigenvalue weighted by atomic mass is 32.2. The Morgan fingerprint density at radius 3 is 2.03 bits per heavy atom. The molecule has 1 aromatic heterocycles. The van der Waals surface area contributed by atoms with Crippen LogP contribution >= 0.6 is 11.8 Å². The van der Waals surface area contributed by atoms with Crippen LogP contribution in [0.25, 0.3) is 11.3 Å². The van der Waals surface area contributed by atoms with Crippen LogP contribution in [-0.2, 0) is 16.1 Å². The first-order chi connectivity index (χ1) is 16.6. The van der Waals surface area contributed by atoms with E-state index in [1.54, 1.807) is 13.3 Å². The summed E-state index contributed by atoms with van der Waals surface area (Å²) in [5, 5.41) is 6.35. The standard InChI is InChI=1S/C26H24N4O3S/c1-33-22-14-12-19(13-15-22)23-16-27-26(34-18-25(32)29-21-10-6-3-7-11-21)30(23)17-24(31)28-20-8-4-2-5-9-20/h2-16H,17-18H2,1H3,(H,28,31)(H,29,32). The first kappa shape index (κ1) is 23.1. The van der Waals surface area contributed by atoms with E-state index in [0.717, 1.165) is 28.4 Å². The van der Waals surface area contributed by atoms with Gasteiger partial charge in [-0.15, -0.1) is 0 Å². The van der Waals surface area contributed by atoms with Crippen molar-refractivity contribution in [3.63, 3.8) is 0 Å². The van der Waals surface area contributed by atoms with E-state index in [0.29, 0.717) is 5.16 Å². The molecule has 0 spiro atoms. The normalized spacial score (nSPS) is 10.5. The monoisotopic (exact) mass is 472 g/mol. The number of imidazole rings is 1. The van der Waals surface area contributed by atoms with E-state index in [4.69, 9.17) is 4.74 Å². The average molecular weight is 473 g/mol. The fraction of sp³-hybridized carbons (Fsp3) is 0.115. The molecule has 34 heavy (non-hydrogen) atoms. The third-order valence-electron chi connectivity index (χ3n) is 4.95. The van der Waals surface area contributed by atoms with Gasteiger partial charge in [-0.1, -0.05) is 48.2 Å². The van der Waals surface area contributed by atoms with Gasteiger partial charge in [0.25, 0.3) is 0 Å². The summed E-state index contributed by atoms with van der Waals surface area (Å²) in [6.07, 6.45) is 1.72. The number of methoxy groups -OCH3 is 1. The Bertz CT molecular complexity index is 1240. The molecule has 0 unspecified atom stereocenters. The fourth-order valence-corrected chi connectivity index (χ4v) is 4.11. The maximum Gasteiger partial charge on any atom is 0.244 e. The SMILES string of the molecule is COc1ccc(-c2cnc(SCC(=O)Nc3ccccc3)n2CC(=O)Nc2ccccc2)cc1. The van der Waals surface area contributed by atoms with Gasteiger partial charge in [0.05, 0.1) is 24.8 Å². The van der Waals surface area contributed by atoms with E-state index >= 15 is 0 Å². The van der Waals surface area contributed by atoms with Crippen LogP contribution in [0.15, 0.2) is 96.3 Å². The molecule has 0 saturated heterocycles. The molecule has 2 amide bonds. The van der Waals surface area contributed by atoms with Crippen LogP contribution in [0.2, 0.25) is 0 Å². The molecule has 0 aliphatic carbocycles. The molecular formula is C26H24N4O3S. The minimum Gasteiger partial charge on any atom is -0.497 e. The molecule has 1 heterocycles. The van der Waals surface area contributed by atoms with E-state index in [1.165, 1.54) is 11.8 Å². The largest absolute Gasteiger partial charge is 0.497 e. The van der Waals surface area contributed by atoms with Crippen molar-refractivity contribution in [2.45, 2.75) is 11.7 Å². The Morgan fingerprint density at radius 2 is 1.44 bits per heavy atom. The number of thioether (sulfide) groups is 1. The van der Waals surface area contributed by atoms with Gasteiger partial charge < -0.3 is 19.9 Å². The topological polar surface area (TPSA) is 85.2 Å². The molecule has 0 aliphatic heterocycles. The van der Waals surface area contributed by atoms with Crippen molar-refractivity contribution in [3.05, 3.63) is 91.1 Å². The van der Waals surface area contributed by atoms with Crippen molar-refractivity contribution < 1.29 is 14.3 Å². The summed E-state index contributed by atoms with van der Waals surface area (Å²) >= 11 is 1.28. The average Bonchev–Trinajstić information content (AvgIpc) is 3.26. The number of nitrogens with zero attached hydrogens (tertiary/aromatic N) is 2. The highest BCUT2D eigenvalue weighted by Gasteiger charge is 2.17. The summed E-state index contributed by atoms with van der Waals surface area (Å²) < 4.78 is 7.07. The van der Waals surface area contributed by atoms with Crippen molar-refractivity contribution in [1.29, 1.82) is 0 Å². The zero-order chi connectivity index (χ0) is 23.8. The van der Waals surface area contributed by atoms with Gasteiger partial charge in [0, 0.05) is 16.9 Å². The Hall–Kier alpha value is -4.04. The smallest absolute Gasteiger partial charge is 0.244 e. The molecule has 0 fully saturated rings. The summed E-state index contributed by atoms with van der Waals surface area (Å²) in [7, 11) is 1.61. The highest BCUT2D eigenvalue weighted by Crippen LogP contribution is 2.28. The third-order valence-corrected chi connectivity index (χ3v) is 5.94. The molecular weight excluding hydrogens is 448 g/mol. The number of nitrogens with one attached hydrogen (secondary N) is 2. The number of ether oxygens (including phenoxy) is 1. The molecule has 2 N–H and O–H groups in total. The van der Waals surface area contributed by atoms with Crippen LogP contribution in [-0.4, -0.2) is 34.2 Å². The number of carbonyl (C=O) groups excluding carboxylic acids is 2. The van der Waals surface area contributed by atoms with Gasteiger partial charge in [0.15, 0.2) is 5.16 Å². The van der Waals surface area contributed by atoms with Crippen LogP contribution in [0.4, 0.5) is 11.4 Å². The van der Waals surface area contributed by atoms with Crippen molar-refractivity contribution >= 4 is 35.0 Å². The number of aromatic nitrogens is 2. The van der Waals surface area contributed by atoms with Crippen LogP contribution in [0.5, 0.6) is 5.75 Å². The second kappa shape index (κ2) is 11.2. The van der Waals surface area contributed by atoms with E-state index in [-0.39, 0.29) is 24.1 Å². The third kappa shape index (κ3) is 6.05. The number of carbonyl (C=O) groups is 2. The molecule has 0 saturated carbocycles.